The molecule has 0 N–H and O–H groups in total. The number of ether oxygens (including phenoxy) is 4. The maximum absolute atomic E-state index is 11.6. The number of rotatable bonds is 9. The van der Waals surface area contributed by atoms with Gasteiger partial charge in [0.1, 0.15) is 23.7 Å². The largest absolute Gasteiger partial charge is 0.494 e. The second-order valence-corrected chi connectivity index (χ2v) is 8.60. The summed E-state index contributed by atoms with van der Waals surface area (Å²) in [5.74, 6) is 1.18. The predicted molar refractivity (Wildman–Crippen MR) is 119 cm³/mol. The van der Waals surface area contributed by atoms with E-state index in [1.54, 1.807) is 12.2 Å². The van der Waals surface area contributed by atoms with Crippen molar-refractivity contribution in [1.29, 1.82) is 0 Å². The quantitative estimate of drug-likeness (QED) is 0.391. The van der Waals surface area contributed by atoms with Crippen molar-refractivity contribution >= 4 is 11.9 Å². The average Bonchev–Trinajstić information content (AvgIpc) is 2.74. The molecule has 32 heavy (non-hydrogen) atoms. The molecule has 0 aromatic rings. The Hall–Kier alpha value is -3.02. The Labute approximate surface area is 188 Å². The van der Waals surface area contributed by atoms with Crippen LogP contribution in [0.5, 0.6) is 0 Å². The van der Waals surface area contributed by atoms with Crippen LogP contribution in [0.25, 0.3) is 0 Å². The predicted octanol–water partition coefficient (Wildman–Crippen LogP) is 4.46. The Balaban J connectivity index is 1.09. The highest BCUT2D eigenvalue weighted by atomic mass is 16.6. The minimum absolute atomic E-state index is 0.116. The van der Waals surface area contributed by atoms with E-state index in [0.29, 0.717) is 13.2 Å². The number of carbonyl (C=O) groups is 2. The molecule has 0 radical (unpaired) electrons. The van der Waals surface area contributed by atoms with Crippen LogP contribution in [0, 0.1) is 11.8 Å². The molecule has 4 atom stereocenters. The van der Waals surface area contributed by atoms with Gasteiger partial charge >= 0.3 is 11.9 Å². The molecule has 0 fully saturated rings. The molecular formula is C26H30O6. The molecule has 0 spiro atoms. The second-order valence-electron chi connectivity index (χ2n) is 8.60. The highest BCUT2D eigenvalue weighted by Crippen LogP contribution is 2.31. The van der Waals surface area contributed by atoms with Crippen LogP contribution < -0.4 is 0 Å². The third-order valence-electron chi connectivity index (χ3n) is 6.12. The first-order chi connectivity index (χ1) is 15.5. The van der Waals surface area contributed by atoms with E-state index in [1.165, 1.54) is 0 Å². The molecule has 0 saturated carbocycles. The first kappa shape index (κ1) is 22.2. The van der Waals surface area contributed by atoms with Gasteiger partial charge in [-0.15, -0.1) is 0 Å². The van der Waals surface area contributed by atoms with Gasteiger partial charge in [-0.1, -0.05) is 23.3 Å². The molecule has 170 valence electrons. The van der Waals surface area contributed by atoms with Gasteiger partial charge in [0.15, 0.2) is 0 Å². The number of hydrogen-bond donors (Lipinski definition) is 0. The van der Waals surface area contributed by atoms with Crippen LogP contribution in [-0.4, -0.2) is 37.4 Å². The fraction of sp³-hybridized carbons (Fsp3) is 0.462. The van der Waals surface area contributed by atoms with Gasteiger partial charge in [0.05, 0.1) is 13.2 Å². The second kappa shape index (κ2) is 10.1. The van der Waals surface area contributed by atoms with Crippen molar-refractivity contribution in [1.82, 2.24) is 0 Å². The maximum atomic E-state index is 11.6. The van der Waals surface area contributed by atoms with Crippen molar-refractivity contribution < 1.29 is 28.5 Å². The number of esters is 2. The van der Waals surface area contributed by atoms with Crippen LogP contribution in [0.3, 0.4) is 0 Å². The topological polar surface area (TPSA) is 71.1 Å². The summed E-state index contributed by atoms with van der Waals surface area (Å²) in [4.78, 5) is 23.2. The summed E-state index contributed by atoms with van der Waals surface area (Å²) in [6.07, 6.45) is 18.4. The molecule has 6 heteroatoms. The van der Waals surface area contributed by atoms with Crippen molar-refractivity contribution in [3.05, 3.63) is 71.3 Å². The molecule has 0 aromatic heterocycles. The van der Waals surface area contributed by atoms with Gasteiger partial charge in [0.2, 0.25) is 0 Å². The van der Waals surface area contributed by atoms with E-state index in [9.17, 15) is 9.59 Å². The minimum Gasteiger partial charge on any atom is -0.494 e. The lowest BCUT2D eigenvalue weighted by molar-refractivity contribution is -0.144. The molecule has 2 aliphatic carbocycles. The Morgan fingerprint density at radius 1 is 0.719 bits per heavy atom. The molecule has 0 bridgehead atoms. The first-order valence-corrected chi connectivity index (χ1v) is 11.3. The fourth-order valence-corrected chi connectivity index (χ4v) is 4.33. The molecule has 2 aliphatic heterocycles. The van der Waals surface area contributed by atoms with Crippen LogP contribution in [0.4, 0.5) is 0 Å². The van der Waals surface area contributed by atoms with Crippen molar-refractivity contribution in [2.45, 2.75) is 51.7 Å². The van der Waals surface area contributed by atoms with Gasteiger partial charge in [-0.05, 0) is 63.8 Å². The highest BCUT2D eigenvalue weighted by Gasteiger charge is 2.31. The zero-order chi connectivity index (χ0) is 22.5. The Morgan fingerprint density at radius 2 is 1.16 bits per heavy atom. The lowest BCUT2D eigenvalue weighted by Gasteiger charge is -2.29. The number of carbonyl (C=O) groups excluding carboxylic acids is 2. The summed E-state index contributed by atoms with van der Waals surface area (Å²) in [5, 5.41) is 0. The van der Waals surface area contributed by atoms with Gasteiger partial charge in [-0.3, -0.25) is 0 Å². The molecule has 2 heterocycles. The molecule has 4 rings (SSSR count). The van der Waals surface area contributed by atoms with Gasteiger partial charge in [-0.25, -0.2) is 9.59 Å². The standard InChI is InChI=1S/C26H30O6/c1-17-13-25(27)31-23-15-19(7-9-21(17)23)29-11-5-3-4-6-12-30-20-8-10-22-18(2)14-26(28)32-24(22)16-20/h7-10,13-16,21-24H,3-6,11-12H2,1-2H3/t21-,22+,23+,24-. The van der Waals surface area contributed by atoms with Gasteiger partial charge < -0.3 is 18.9 Å². The molecule has 0 aromatic carbocycles. The monoisotopic (exact) mass is 438 g/mol. The minimum atomic E-state index is -0.289. The van der Waals surface area contributed by atoms with Crippen LogP contribution in [0.15, 0.2) is 71.3 Å². The molecule has 0 amide bonds. The van der Waals surface area contributed by atoms with Gasteiger partial charge in [0, 0.05) is 24.0 Å². The zero-order valence-electron chi connectivity index (χ0n) is 18.6. The van der Waals surface area contributed by atoms with Crippen LogP contribution in [0.2, 0.25) is 0 Å². The highest BCUT2D eigenvalue weighted by molar-refractivity contribution is 5.85. The third kappa shape index (κ3) is 5.42. The van der Waals surface area contributed by atoms with Crippen LogP contribution in [-0.2, 0) is 28.5 Å². The van der Waals surface area contributed by atoms with Gasteiger partial charge in [-0.2, -0.15) is 0 Å². The summed E-state index contributed by atoms with van der Waals surface area (Å²) < 4.78 is 22.4. The molecule has 0 saturated heterocycles. The van der Waals surface area contributed by atoms with E-state index < -0.39 is 0 Å². The van der Waals surface area contributed by atoms with E-state index in [0.717, 1.165) is 48.3 Å². The average molecular weight is 439 g/mol. The van der Waals surface area contributed by atoms with Crippen molar-refractivity contribution in [3.8, 4) is 0 Å². The Bertz CT molecular complexity index is 856. The lowest BCUT2D eigenvalue weighted by Crippen LogP contribution is -2.31. The van der Waals surface area contributed by atoms with E-state index in [1.807, 2.05) is 50.3 Å². The number of unbranched alkanes of at least 4 members (excludes halogenated alkanes) is 3. The van der Waals surface area contributed by atoms with E-state index in [2.05, 4.69) is 0 Å². The fourth-order valence-electron chi connectivity index (χ4n) is 4.33. The first-order valence-electron chi connectivity index (χ1n) is 11.3. The van der Waals surface area contributed by atoms with Crippen molar-refractivity contribution in [2.24, 2.45) is 11.8 Å². The summed E-state index contributed by atoms with van der Waals surface area (Å²) in [7, 11) is 0. The number of hydrogen-bond acceptors (Lipinski definition) is 6. The zero-order valence-corrected chi connectivity index (χ0v) is 18.6. The summed E-state index contributed by atoms with van der Waals surface area (Å²) in [6, 6.07) is 0. The Kier molecular flexibility index (Phi) is 6.98. The lowest BCUT2D eigenvalue weighted by atomic mass is 9.88. The van der Waals surface area contributed by atoms with E-state index in [-0.39, 0.29) is 36.0 Å². The molecule has 0 unspecified atom stereocenters. The van der Waals surface area contributed by atoms with Crippen LogP contribution in [0.1, 0.15) is 39.5 Å². The van der Waals surface area contributed by atoms with Gasteiger partial charge in [0.25, 0.3) is 0 Å². The van der Waals surface area contributed by atoms with Crippen molar-refractivity contribution in [2.75, 3.05) is 13.2 Å². The number of fused-ring (bicyclic) bond motifs is 2. The molecular weight excluding hydrogens is 408 g/mol. The molecule has 4 aliphatic rings. The maximum Gasteiger partial charge on any atom is 0.331 e. The van der Waals surface area contributed by atoms with Crippen molar-refractivity contribution in [3.63, 3.8) is 0 Å². The summed E-state index contributed by atoms with van der Waals surface area (Å²) >= 11 is 0. The van der Waals surface area contributed by atoms with E-state index in [4.69, 9.17) is 18.9 Å². The summed E-state index contributed by atoms with van der Waals surface area (Å²) in [6.45, 7) is 5.16. The smallest absolute Gasteiger partial charge is 0.331 e. The third-order valence-corrected chi connectivity index (χ3v) is 6.12. The Morgan fingerprint density at radius 3 is 1.59 bits per heavy atom. The van der Waals surface area contributed by atoms with Crippen LogP contribution >= 0.6 is 0 Å². The summed E-state index contributed by atoms with van der Waals surface area (Å²) in [5.41, 5.74) is 2.04. The normalized spacial score (nSPS) is 28.3. The number of allylic oxidation sites excluding steroid dienone is 2. The SMILES string of the molecule is CC1=CC(=O)O[C@H]2C=C(OCCCCCCOC3=C[C@H]4OC(=O)C=C(C)[C@@H]4C=C3)C=C[C@H]12. The molecule has 6 nitrogen and oxygen atoms in total. The van der Waals surface area contributed by atoms with E-state index >= 15 is 0 Å².